The van der Waals surface area contributed by atoms with Crippen LogP contribution in [0.1, 0.15) is 12.8 Å². The lowest BCUT2D eigenvalue weighted by atomic mass is 10.1. The lowest BCUT2D eigenvalue weighted by Gasteiger charge is -2.32. The van der Waals surface area contributed by atoms with Crippen LogP contribution in [0.15, 0.2) is 59.6 Å². The molecule has 0 unspecified atom stereocenters. The number of benzene rings is 2. The summed E-state index contributed by atoms with van der Waals surface area (Å²) in [6, 6.07) is 16.4. The number of hydrogen-bond donors (Lipinski definition) is 3. The van der Waals surface area contributed by atoms with Crippen LogP contribution in [0.25, 0.3) is 0 Å². The highest BCUT2D eigenvalue weighted by Crippen LogP contribution is 2.27. The fourth-order valence-electron chi connectivity index (χ4n) is 2.64. The molecule has 2 aromatic rings. The monoisotopic (exact) mass is 373 g/mol. The second-order valence-corrected chi connectivity index (χ2v) is 6.23. The first-order valence-electron chi connectivity index (χ1n) is 8.57. The van der Waals surface area contributed by atoms with Crippen molar-refractivity contribution in [3.05, 3.63) is 54.6 Å². The van der Waals surface area contributed by atoms with Crippen LogP contribution < -0.4 is 15.8 Å². The van der Waals surface area contributed by atoms with Crippen molar-refractivity contribution in [3.8, 4) is 11.5 Å². The van der Waals surface area contributed by atoms with E-state index in [2.05, 4.69) is 10.3 Å². The normalized spacial score (nSPS) is 16.7. The quantitative estimate of drug-likeness (QED) is 0.563. The molecule has 27 heavy (non-hydrogen) atoms. The van der Waals surface area contributed by atoms with Crippen molar-refractivity contribution in [1.82, 2.24) is 4.90 Å². The summed E-state index contributed by atoms with van der Waals surface area (Å²) in [6.07, 6.45) is -0.514. The minimum Gasteiger partial charge on any atom is -0.457 e. The third-order valence-electron chi connectivity index (χ3n) is 4.14. The predicted octanol–water partition coefficient (Wildman–Crippen LogP) is 3.87. The number of hydrogen-bond acceptors (Lipinski definition) is 2. The Morgan fingerprint density at radius 1 is 1.04 bits per heavy atom. The van der Waals surface area contributed by atoms with Crippen LogP contribution in [0.4, 0.5) is 14.5 Å². The van der Waals surface area contributed by atoms with E-state index in [1.807, 2.05) is 30.3 Å². The molecule has 1 fully saturated rings. The van der Waals surface area contributed by atoms with E-state index >= 15 is 0 Å². The van der Waals surface area contributed by atoms with Crippen molar-refractivity contribution in [3.63, 3.8) is 0 Å². The van der Waals surface area contributed by atoms with E-state index in [9.17, 15) is 8.78 Å². The predicted molar refractivity (Wildman–Crippen MR) is 102 cm³/mol. The molecule has 0 aliphatic carbocycles. The summed E-state index contributed by atoms with van der Waals surface area (Å²) in [6.45, 7) is 0.252. The Balaban J connectivity index is 1.54. The Kier molecular flexibility index (Phi) is 5.54. The van der Waals surface area contributed by atoms with Crippen molar-refractivity contribution >= 4 is 17.6 Å². The Labute approximate surface area is 156 Å². The number of nitrogens with two attached hydrogens (primary N) is 1. The average molecular weight is 373 g/mol. The van der Waals surface area contributed by atoms with Gasteiger partial charge in [0.1, 0.15) is 11.5 Å². The average Bonchev–Trinajstić information content (AvgIpc) is 2.64. The first-order valence-corrected chi connectivity index (χ1v) is 8.57. The van der Waals surface area contributed by atoms with Crippen LogP contribution in [0.5, 0.6) is 11.5 Å². The van der Waals surface area contributed by atoms with E-state index in [0.717, 1.165) is 5.75 Å². The molecule has 0 spiro atoms. The van der Waals surface area contributed by atoms with E-state index < -0.39 is 5.92 Å². The third-order valence-corrected chi connectivity index (χ3v) is 4.14. The number of nitrogens with one attached hydrogen (secondary N) is 2. The molecule has 0 radical (unpaired) electrons. The van der Waals surface area contributed by atoms with Crippen molar-refractivity contribution in [2.75, 3.05) is 18.4 Å². The number of nitrogens with zero attached hydrogens (tertiary/aromatic N) is 2. The number of piperidine rings is 1. The number of alkyl halides is 2. The smallest absolute Gasteiger partial charge is 0.251 e. The van der Waals surface area contributed by atoms with Crippen LogP contribution in [0, 0.1) is 5.41 Å². The molecule has 0 aromatic heterocycles. The molecular weight excluding hydrogens is 352 g/mol. The molecule has 8 heteroatoms. The molecule has 3 rings (SSSR count). The van der Waals surface area contributed by atoms with Crippen molar-refractivity contribution in [2.45, 2.75) is 18.8 Å². The second-order valence-electron chi connectivity index (χ2n) is 6.23. The maximum atomic E-state index is 13.2. The Morgan fingerprint density at radius 3 is 2.26 bits per heavy atom. The van der Waals surface area contributed by atoms with Gasteiger partial charge in [-0.15, -0.1) is 0 Å². The lowest BCUT2D eigenvalue weighted by molar-refractivity contribution is -0.0435. The highest BCUT2D eigenvalue weighted by molar-refractivity contribution is 5.99. The van der Waals surface area contributed by atoms with Crippen molar-refractivity contribution in [1.29, 1.82) is 5.41 Å². The summed E-state index contributed by atoms with van der Waals surface area (Å²) in [7, 11) is 0. The number of anilines is 1. The summed E-state index contributed by atoms with van der Waals surface area (Å²) in [5, 5.41) is 10.7. The van der Waals surface area contributed by atoms with Gasteiger partial charge < -0.3 is 20.7 Å². The summed E-state index contributed by atoms with van der Waals surface area (Å²) >= 11 is 0. The lowest BCUT2D eigenvalue weighted by Crippen LogP contribution is -2.46. The molecule has 2 aromatic carbocycles. The number of aliphatic imine (C=N–C) groups is 1. The summed E-state index contributed by atoms with van der Waals surface area (Å²) < 4.78 is 32.1. The van der Waals surface area contributed by atoms with Gasteiger partial charge in [-0.25, -0.2) is 8.78 Å². The molecule has 1 aliphatic heterocycles. The molecule has 0 amide bonds. The molecule has 0 atom stereocenters. The van der Waals surface area contributed by atoms with Gasteiger partial charge >= 0.3 is 0 Å². The number of ether oxygens (including phenoxy) is 1. The zero-order valence-electron chi connectivity index (χ0n) is 14.7. The van der Waals surface area contributed by atoms with Crippen LogP contribution in [0.2, 0.25) is 0 Å². The molecule has 1 heterocycles. The largest absolute Gasteiger partial charge is 0.457 e. The zero-order valence-corrected chi connectivity index (χ0v) is 14.7. The maximum Gasteiger partial charge on any atom is 0.251 e. The van der Waals surface area contributed by atoms with Gasteiger partial charge in [-0.3, -0.25) is 5.41 Å². The van der Waals surface area contributed by atoms with Crippen molar-refractivity contribution in [2.24, 2.45) is 10.7 Å². The van der Waals surface area contributed by atoms with Crippen LogP contribution >= 0.6 is 0 Å². The highest BCUT2D eigenvalue weighted by Gasteiger charge is 2.34. The van der Waals surface area contributed by atoms with E-state index in [-0.39, 0.29) is 37.9 Å². The highest BCUT2D eigenvalue weighted by atomic mass is 19.3. The van der Waals surface area contributed by atoms with Crippen LogP contribution in [0.3, 0.4) is 0 Å². The molecule has 0 saturated carbocycles. The van der Waals surface area contributed by atoms with E-state index in [4.69, 9.17) is 15.9 Å². The van der Waals surface area contributed by atoms with Gasteiger partial charge in [0.15, 0.2) is 5.96 Å². The summed E-state index contributed by atoms with van der Waals surface area (Å²) in [5.74, 6) is -1.36. The Hall–Kier alpha value is -3.16. The summed E-state index contributed by atoms with van der Waals surface area (Å²) in [4.78, 5) is 5.51. The number of rotatable bonds is 3. The van der Waals surface area contributed by atoms with E-state index in [1.54, 1.807) is 29.2 Å². The maximum absolute atomic E-state index is 13.2. The van der Waals surface area contributed by atoms with Crippen LogP contribution in [-0.4, -0.2) is 35.8 Å². The standard InChI is InChI=1S/C19H21F2N5O/c20-19(21)10-12-26(13-11-19)18(23)25-17(22)24-14-6-8-16(9-7-14)27-15-4-2-1-3-5-15/h1-9H,10-13H2,(H4,22,23,24,25). The fourth-order valence-corrected chi connectivity index (χ4v) is 2.64. The zero-order chi connectivity index (χ0) is 19.3. The molecule has 1 saturated heterocycles. The molecular formula is C19H21F2N5O. The van der Waals surface area contributed by atoms with Gasteiger partial charge in [-0.05, 0) is 36.4 Å². The van der Waals surface area contributed by atoms with E-state index in [0.29, 0.717) is 11.4 Å². The fraction of sp³-hybridized carbons (Fsp3) is 0.263. The number of para-hydroxylation sites is 1. The van der Waals surface area contributed by atoms with Gasteiger partial charge in [-0.2, -0.15) is 4.99 Å². The molecule has 6 nitrogen and oxygen atoms in total. The summed E-state index contributed by atoms with van der Waals surface area (Å²) in [5.41, 5.74) is 6.47. The molecule has 0 bridgehead atoms. The first kappa shape index (κ1) is 18.6. The van der Waals surface area contributed by atoms with Gasteiger partial charge in [0, 0.05) is 31.6 Å². The van der Waals surface area contributed by atoms with E-state index in [1.165, 1.54) is 0 Å². The van der Waals surface area contributed by atoms with Gasteiger partial charge in [0.2, 0.25) is 5.96 Å². The van der Waals surface area contributed by atoms with Gasteiger partial charge in [-0.1, -0.05) is 18.2 Å². The van der Waals surface area contributed by atoms with Crippen LogP contribution in [-0.2, 0) is 0 Å². The SMILES string of the molecule is N=C(N=C(N)N1CCC(F)(F)CC1)Nc1ccc(Oc2ccccc2)cc1. The minimum absolute atomic E-state index is 0.0621. The first-order chi connectivity index (χ1) is 12.9. The third kappa shape index (κ3) is 5.40. The minimum atomic E-state index is -2.65. The Morgan fingerprint density at radius 2 is 1.63 bits per heavy atom. The second kappa shape index (κ2) is 8.03. The number of likely N-dealkylation sites (tertiary alicyclic amines) is 1. The topological polar surface area (TPSA) is 86.7 Å². The van der Waals surface area contributed by atoms with Crippen molar-refractivity contribution < 1.29 is 13.5 Å². The molecule has 4 N–H and O–H groups in total. The number of halogens is 2. The molecule has 1 aliphatic rings. The van der Waals surface area contributed by atoms with Gasteiger partial charge in [0.25, 0.3) is 5.92 Å². The number of guanidine groups is 2. The molecule has 142 valence electrons. The van der Waals surface area contributed by atoms with Gasteiger partial charge in [0.05, 0.1) is 0 Å². The Bertz CT molecular complexity index is 799.